The Balaban J connectivity index is 2.61. The highest BCUT2D eigenvalue weighted by molar-refractivity contribution is 5.34. The maximum absolute atomic E-state index is 13.2. The predicted octanol–water partition coefficient (Wildman–Crippen LogP) is 1.13. The van der Waals surface area contributed by atoms with E-state index in [1.165, 1.54) is 6.07 Å². The molecule has 0 radical (unpaired) electrons. The molecule has 0 saturated carbocycles. The third-order valence-electron chi connectivity index (χ3n) is 1.68. The first-order chi connectivity index (χ1) is 6.68. The van der Waals surface area contributed by atoms with Gasteiger partial charge in [-0.25, -0.2) is 18.4 Å². The molecule has 0 aliphatic rings. The number of para-hydroxylation sites is 1. The van der Waals surface area contributed by atoms with Crippen LogP contribution < -0.4 is 5.73 Å². The van der Waals surface area contributed by atoms with Crippen LogP contribution in [-0.2, 0) is 0 Å². The number of benzene rings is 1. The van der Waals surface area contributed by atoms with E-state index in [1.807, 2.05) is 0 Å². The van der Waals surface area contributed by atoms with Gasteiger partial charge in [-0.3, -0.25) is 0 Å². The lowest BCUT2D eigenvalue weighted by atomic mass is 10.3. The Hall–Kier alpha value is -1.98. The number of nitrogens with zero attached hydrogens (tertiary/aromatic N) is 3. The van der Waals surface area contributed by atoms with Crippen molar-refractivity contribution < 1.29 is 8.78 Å². The predicted molar refractivity (Wildman–Crippen MR) is 45.7 cm³/mol. The summed E-state index contributed by atoms with van der Waals surface area (Å²) in [7, 11) is 0. The second-order valence-electron chi connectivity index (χ2n) is 2.62. The van der Waals surface area contributed by atoms with Crippen molar-refractivity contribution in [2.24, 2.45) is 0 Å². The van der Waals surface area contributed by atoms with E-state index >= 15 is 0 Å². The zero-order valence-corrected chi connectivity index (χ0v) is 6.98. The van der Waals surface area contributed by atoms with Crippen LogP contribution in [0.25, 0.3) is 5.69 Å². The Bertz CT molecular complexity index is 446. The first-order valence-electron chi connectivity index (χ1n) is 3.80. The number of rotatable bonds is 1. The average Bonchev–Trinajstić information content (AvgIpc) is 2.51. The minimum atomic E-state index is -0.713. The number of halogens is 2. The third-order valence-corrected chi connectivity index (χ3v) is 1.68. The molecule has 0 saturated heterocycles. The first kappa shape index (κ1) is 8.61. The third kappa shape index (κ3) is 1.30. The van der Waals surface area contributed by atoms with Crippen LogP contribution in [0, 0.1) is 11.6 Å². The van der Waals surface area contributed by atoms with Crippen molar-refractivity contribution in [3.05, 3.63) is 36.2 Å². The number of nitrogens with two attached hydrogens (primary N) is 1. The van der Waals surface area contributed by atoms with Gasteiger partial charge in [-0.15, -0.1) is 5.10 Å². The lowest BCUT2D eigenvalue weighted by molar-refractivity contribution is 0.560. The fraction of sp³-hybridized carbons (Fsp3) is 0. The fourth-order valence-corrected chi connectivity index (χ4v) is 1.09. The Morgan fingerprint density at radius 1 is 1.21 bits per heavy atom. The minimum absolute atomic E-state index is 0.0346. The molecule has 0 aliphatic carbocycles. The van der Waals surface area contributed by atoms with Crippen LogP contribution in [-0.4, -0.2) is 14.8 Å². The van der Waals surface area contributed by atoms with E-state index in [0.717, 1.165) is 23.1 Å². The van der Waals surface area contributed by atoms with Gasteiger partial charge in [0, 0.05) is 0 Å². The molecule has 0 atom stereocenters. The molecule has 1 aromatic heterocycles. The highest BCUT2D eigenvalue weighted by atomic mass is 19.1. The van der Waals surface area contributed by atoms with Crippen molar-refractivity contribution in [3.8, 4) is 5.69 Å². The standard InChI is InChI=1S/C8H6F2N4/c9-5-2-1-3-6(10)7(5)14-4-12-8(11)13-14/h1-4H,(H2,11,13). The van der Waals surface area contributed by atoms with E-state index in [-0.39, 0.29) is 11.6 Å². The van der Waals surface area contributed by atoms with Crippen molar-refractivity contribution in [1.29, 1.82) is 0 Å². The van der Waals surface area contributed by atoms with E-state index in [9.17, 15) is 8.78 Å². The van der Waals surface area contributed by atoms with Gasteiger partial charge in [-0.2, -0.15) is 0 Å². The van der Waals surface area contributed by atoms with Crippen molar-refractivity contribution in [3.63, 3.8) is 0 Å². The molecule has 2 aromatic rings. The van der Waals surface area contributed by atoms with Gasteiger partial charge < -0.3 is 5.73 Å². The monoisotopic (exact) mass is 196 g/mol. The van der Waals surface area contributed by atoms with Crippen LogP contribution in [0.5, 0.6) is 0 Å². The molecular formula is C8H6F2N4. The molecule has 0 fully saturated rings. The molecule has 1 heterocycles. The first-order valence-corrected chi connectivity index (χ1v) is 3.80. The maximum atomic E-state index is 13.2. The lowest BCUT2D eigenvalue weighted by Gasteiger charge is -2.02. The van der Waals surface area contributed by atoms with Crippen molar-refractivity contribution in [1.82, 2.24) is 14.8 Å². The molecule has 14 heavy (non-hydrogen) atoms. The summed E-state index contributed by atoms with van der Waals surface area (Å²) >= 11 is 0. The average molecular weight is 196 g/mol. The molecule has 72 valence electrons. The van der Waals surface area contributed by atoms with E-state index in [0.29, 0.717) is 0 Å². The van der Waals surface area contributed by atoms with Gasteiger partial charge in [0.2, 0.25) is 5.95 Å². The van der Waals surface area contributed by atoms with Crippen LogP contribution in [0.2, 0.25) is 0 Å². The fourth-order valence-electron chi connectivity index (χ4n) is 1.09. The van der Waals surface area contributed by atoms with Gasteiger partial charge in [0.05, 0.1) is 0 Å². The largest absolute Gasteiger partial charge is 0.366 e. The summed E-state index contributed by atoms with van der Waals surface area (Å²) in [6, 6.07) is 3.54. The van der Waals surface area contributed by atoms with E-state index < -0.39 is 11.6 Å². The summed E-state index contributed by atoms with van der Waals surface area (Å²) in [5.41, 5.74) is 4.95. The van der Waals surface area contributed by atoms with Gasteiger partial charge in [0.25, 0.3) is 0 Å². The van der Waals surface area contributed by atoms with Crippen LogP contribution in [0.1, 0.15) is 0 Å². The summed E-state index contributed by atoms with van der Waals surface area (Å²) in [5.74, 6) is -1.46. The zero-order valence-electron chi connectivity index (χ0n) is 6.98. The van der Waals surface area contributed by atoms with E-state index in [1.54, 1.807) is 0 Å². The number of nitrogen functional groups attached to an aromatic ring is 1. The number of aromatic nitrogens is 3. The molecular weight excluding hydrogens is 190 g/mol. The Morgan fingerprint density at radius 3 is 2.36 bits per heavy atom. The molecule has 0 unspecified atom stereocenters. The summed E-state index contributed by atoms with van der Waals surface area (Å²) in [6.45, 7) is 0. The lowest BCUT2D eigenvalue weighted by Crippen LogP contribution is -2.02. The smallest absolute Gasteiger partial charge is 0.239 e. The molecule has 0 amide bonds. The van der Waals surface area contributed by atoms with Crippen LogP contribution >= 0.6 is 0 Å². The molecule has 2 N–H and O–H groups in total. The Morgan fingerprint density at radius 2 is 1.86 bits per heavy atom. The molecule has 6 heteroatoms. The molecule has 2 rings (SSSR count). The van der Waals surface area contributed by atoms with Crippen LogP contribution in [0.4, 0.5) is 14.7 Å². The summed E-state index contributed by atoms with van der Waals surface area (Å²) in [4.78, 5) is 3.57. The van der Waals surface area contributed by atoms with Crippen molar-refractivity contribution in [2.75, 3.05) is 5.73 Å². The SMILES string of the molecule is Nc1ncn(-c2c(F)cccc2F)n1. The number of hydrogen-bond donors (Lipinski definition) is 1. The van der Waals surface area contributed by atoms with Gasteiger partial charge in [-0.05, 0) is 12.1 Å². The molecule has 4 nitrogen and oxygen atoms in total. The van der Waals surface area contributed by atoms with Crippen molar-refractivity contribution >= 4 is 5.95 Å². The zero-order chi connectivity index (χ0) is 10.1. The van der Waals surface area contributed by atoms with Crippen LogP contribution in [0.15, 0.2) is 24.5 Å². The van der Waals surface area contributed by atoms with Gasteiger partial charge >= 0.3 is 0 Å². The molecule has 1 aromatic carbocycles. The highest BCUT2D eigenvalue weighted by Crippen LogP contribution is 2.15. The molecule has 0 spiro atoms. The minimum Gasteiger partial charge on any atom is -0.366 e. The van der Waals surface area contributed by atoms with Crippen molar-refractivity contribution in [2.45, 2.75) is 0 Å². The Kier molecular flexibility index (Phi) is 1.88. The number of hydrogen-bond acceptors (Lipinski definition) is 3. The second-order valence-corrected chi connectivity index (χ2v) is 2.62. The van der Waals surface area contributed by atoms with E-state index in [2.05, 4.69) is 10.1 Å². The normalized spacial score (nSPS) is 10.4. The second kappa shape index (κ2) is 3.06. The highest BCUT2D eigenvalue weighted by Gasteiger charge is 2.11. The van der Waals surface area contributed by atoms with Gasteiger partial charge in [0.15, 0.2) is 11.6 Å². The molecule has 0 bridgehead atoms. The van der Waals surface area contributed by atoms with Crippen LogP contribution in [0.3, 0.4) is 0 Å². The maximum Gasteiger partial charge on any atom is 0.239 e. The topological polar surface area (TPSA) is 56.7 Å². The van der Waals surface area contributed by atoms with Gasteiger partial charge in [-0.1, -0.05) is 6.07 Å². The molecule has 0 aliphatic heterocycles. The summed E-state index contributed by atoms with van der Waals surface area (Å²) in [6.07, 6.45) is 1.15. The Labute approximate surface area is 78.0 Å². The summed E-state index contributed by atoms with van der Waals surface area (Å²) in [5, 5.41) is 3.61. The van der Waals surface area contributed by atoms with E-state index in [4.69, 9.17) is 5.73 Å². The summed E-state index contributed by atoms with van der Waals surface area (Å²) < 4.78 is 27.3. The van der Waals surface area contributed by atoms with Gasteiger partial charge in [0.1, 0.15) is 12.0 Å². The quantitative estimate of drug-likeness (QED) is 0.743. The number of anilines is 1.